The van der Waals surface area contributed by atoms with E-state index in [2.05, 4.69) is 47.5 Å². The molecule has 0 aromatic carbocycles. The number of hydrogen-bond donors (Lipinski definition) is 2. The van der Waals surface area contributed by atoms with Crippen LogP contribution in [0.15, 0.2) is 49.2 Å². The molecule has 25 heavy (non-hydrogen) atoms. The largest absolute Gasteiger partial charge is 0.324 e. The molecular weight excluding hydrogens is 314 g/mol. The van der Waals surface area contributed by atoms with Crippen molar-refractivity contribution < 1.29 is 0 Å². The maximum atomic E-state index is 4.40. The lowest BCUT2D eigenvalue weighted by atomic mass is 9.91. The number of pyridine rings is 1. The fraction of sp³-hybridized carbons (Fsp3) is 0.333. The van der Waals surface area contributed by atoms with Gasteiger partial charge in [0.2, 0.25) is 0 Å². The number of hydrogen-bond acceptors (Lipinski definition) is 6. The summed E-state index contributed by atoms with van der Waals surface area (Å²) >= 11 is 0. The van der Waals surface area contributed by atoms with Crippen molar-refractivity contribution >= 4 is 11.6 Å². The molecule has 0 unspecified atom stereocenters. The van der Waals surface area contributed by atoms with Crippen molar-refractivity contribution in [1.29, 1.82) is 0 Å². The normalized spacial score (nSPS) is 18.2. The third-order valence-electron chi connectivity index (χ3n) is 4.53. The molecule has 0 amide bonds. The quantitative estimate of drug-likeness (QED) is 0.746. The van der Waals surface area contributed by atoms with Crippen molar-refractivity contribution in [2.75, 3.05) is 18.4 Å². The zero-order valence-corrected chi connectivity index (χ0v) is 14.0. The second-order valence-corrected chi connectivity index (χ2v) is 6.35. The molecule has 2 N–H and O–H groups in total. The molecule has 1 aliphatic rings. The number of likely N-dealkylation sites (tertiary alicyclic amines) is 1. The molecule has 0 radical (unpaired) electrons. The minimum Gasteiger partial charge on any atom is -0.324 e. The van der Waals surface area contributed by atoms with Crippen molar-refractivity contribution in [2.45, 2.75) is 25.3 Å². The first kappa shape index (κ1) is 15.7. The predicted octanol–water partition coefficient (Wildman–Crippen LogP) is 2.72. The van der Waals surface area contributed by atoms with Gasteiger partial charge in [-0.2, -0.15) is 5.10 Å². The smallest absolute Gasteiger partial charge is 0.150 e. The van der Waals surface area contributed by atoms with Gasteiger partial charge in [-0.15, -0.1) is 0 Å². The van der Waals surface area contributed by atoms with Crippen molar-refractivity contribution in [3.05, 3.63) is 60.4 Å². The van der Waals surface area contributed by atoms with E-state index in [9.17, 15) is 0 Å². The van der Waals surface area contributed by atoms with Gasteiger partial charge >= 0.3 is 0 Å². The SMILES string of the molecule is c1cnc(Nc2cc([C@H]3CCCN(Cc4ccn[nH]4)C3)ccn2)cn1. The minimum absolute atomic E-state index is 0.516. The molecule has 0 saturated carbocycles. The fourth-order valence-electron chi connectivity index (χ4n) is 3.35. The number of aromatic amines is 1. The van der Waals surface area contributed by atoms with Gasteiger partial charge in [-0.3, -0.25) is 15.0 Å². The summed E-state index contributed by atoms with van der Waals surface area (Å²) in [6, 6.07) is 6.28. The van der Waals surface area contributed by atoms with E-state index in [0.717, 1.165) is 25.5 Å². The molecule has 0 aliphatic carbocycles. The summed E-state index contributed by atoms with van der Waals surface area (Å²) < 4.78 is 0. The van der Waals surface area contributed by atoms with Crippen LogP contribution in [-0.2, 0) is 6.54 Å². The van der Waals surface area contributed by atoms with Crippen LogP contribution < -0.4 is 5.32 Å². The zero-order valence-electron chi connectivity index (χ0n) is 14.0. The predicted molar refractivity (Wildman–Crippen MR) is 95.4 cm³/mol. The Morgan fingerprint density at radius 2 is 2.08 bits per heavy atom. The highest BCUT2D eigenvalue weighted by molar-refractivity contribution is 5.51. The Morgan fingerprint density at radius 1 is 1.12 bits per heavy atom. The molecule has 0 bridgehead atoms. The second-order valence-electron chi connectivity index (χ2n) is 6.35. The molecule has 128 valence electrons. The maximum Gasteiger partial charge on any atom is 0.150 e. The van der Waals surface area contributed by atoms with Crippen LogP contribution in [0.25, 0.3) is 0 Å². The summed E-state index contributed by atoms with van der Waals surface area (Å²) in [5, 5.41) is 10.3. The Balaban J connectivity index is 1.44. The lowest BCUT2D eigenvalue weighted by Crippen LogP contribution is -2.34. The summed E-state index contributed by atoms with van der Waals surface area (Å²) in [5.41, 5.74) is 2.48. The van der Waals surface area contributed by atoms with E-state index >= 15 is 0 Å². The zero-order chi connectivity index (χ0) is 16.9. The summed E-state index contributed by atoms with van der Waals surface area (Å²) in [7, 11) is 0. The van der Waals surface area contributed by atoms with Crippen LogP contribution in [0.5, 0.6) is 0 Å². The molecule has 4 heterocycles. The highest BCUT2D eigenvalue weighted by Gasteiger charge is 2.22. The Hall–Kier alpha value is -2.80. The second kappa shape index (κ2) is 7.40. The number of piperidine rings is 1. The van der Waals surface area contributed by atoms with E-state index in [1.165, 1.54) is 24.1 Å². The summed E-state index contributed by atoms with van der Waals surface area (Å²) in [6.07, 6.45) is 11.1. The number of nitrogens with one attached hydrogen (secondary N) is 2. The van der Waals surface area contributed by atoms with Crippen LogP contribution in [0.3, 0.4) is 0 Å². The average molecular weight is 335 g/mol. The Morgan fingerprint density at radius 3 is 2.92 bits per heavy atom. The van der Waals surface area contributed by atoms with Crippen molar-refractivity contribution in [3.63, 3.8) is 0 Å². The first-order chi connectivity index (χ1) is 12.4. The Labute approximate surface area is 146 Å². The van der Waals surface area contributed by atoms with Gasteiger partial charge in [0.1, 0.15) is 11.6 Å². The third kappa shape index (κ3) is 4.00. The van der Waals surface area contributed by atoms with Gasteiger partial charge in [-0.1, -0.05) is 0 Å². The van der Waals surface area contributed by atoms with Gasteiger partial charge in [0.25, 0.3) is 0 Å². The molecule has 0 spiro atoms. The molecule has 3 aromatic heterocycles. The van der Waals surface area contributed by atoms with Gasteiger partial charge in [0.15, 0.2) is 0 Å². The van der Waals surface area contributed by atoms with E-state index < -0.39 is 0 Å². The van der Waals surface area contributed by atoms with E-state index in [-0.39, 0.29) is 0 Å². The van der Waals surface area contributed by atoms with E-state index in [1.807, 2.05) is 18.5 Å². The van der Waals surface area contributed by atoms with Gasteiger partial charge < -0.3 is 5.32 Å². The number of aromatic nitrogens is 5. The first-order valence-electron chi connectivity index (χ1n) is 8.56. The van der Waals surface area contributed by atoms with Crippen LogP contribution >= 0.6 is 0 Å². The highest BCUT2D eigenvalue weighted by Crippen LogP contribution is 2.28. The molecule has 1 atom stereocenters. The van der Waals surface area contributed by atoms with Crippen molar-refractivity contribution in [3.8, 4) is 0 Å². The van der Waals surface area contributed by atoms with Crippen LogP contribution in [0.2, 0.25) is 0 Å². The van der Waals surface area contributed by atoms with Gasteiger partial charge in [-0.25, -0.2) is 9.97 Å². The van der Waals surface area contributed by atoms with Crippen molar-refractivity contribution in [1.82, 2.24) is 30.0 Å². The van der Waals surface area contributed by atoms with Gasteiger partial charge in [0.05, 0.1) is 6.20 Å². The summed E-state index contributed by atoms with van der Waals surface area (Å²) in [6.45, 7) is 3.10. The van der Waals surface area contributed by atoms with Gasteiger partial charge in [-0.05, 0) is 49.1 Å². The van der Waals surface area contributed by atoms with E-state index in [0.29, 0.717) is 11.7 Å². The molecule has 7 nitrogen and oxygen atoms in total. The topological polar surface area (TPSA) is 82.6 Å². The summed E-state index contributed by atoms with van der Waals surface area (Å²) in [5.74, 6) is 2.03. The Kier molecular flexibility index (Phi) is 4.65. The molecule has 3 aromatic rings. The fourth-order valence-corrected chi connectivity index (χ4v) is 3.35. The van der Waals surface area contributed by atoms with Crippen LogP contribution in [0, 0.1) is 0 Å². The van der Waals surface area contributed by atoms with Crippen LogP contribution in [0.4, 0.5) is 11.6 Å². The van der Waals surface area contributed by atoms with E-state index in [1.54, 1.807) is 18.6 Å². The first-order valence-corrected chi connectivity index (χ1v) is 8.56. The molecule has 4 rings (SSSR count). The Bertz CT molecular complexity index is 788. The molecule has 1 saturated heterocycles. The number of rotatable bonds is 5. The average Bonchev–Trinajstić information content (AvgIpc) is 3.16. The van der Waals surface area contributed by atoms with Crippen LogP contribution in [-0.4, -0.2) is 43.1 Å². The molecular formula is C18H21N7. The minimum atomic E-state index is 0.516. The maximum absolute atomic E-state index is 4.40. The number of anilines is 2. The standard InChI is InChI=1S/C18H21N7/c1-2-15(12-25(9-1)13-16-4-6-22-24-16)14-3-5-20-17(10-14)23-18-11-19-7-8-21-18/h3-8,10-11,15H,1-2,9,12-13H2,(H,22,24)(H,20,21,23)/t15-/m0/s1. The number of nitrogens with zero attached hydrogens (tertiary/aromatic N) is 5. The molecule has 1 aliphatic heterocycles. The number of H-pyrrole nitrogens is 1. The molecule has 1 fully saturated rings. The van der Waals surface area contributed by atoms with Gasteiger partial charge in [0, 0.05) is 43.6 Å². The van der Waals surface area contributed by atoms with Crippen molar-refractivity contribution in [2.24, 2.45) is 0 Å². The summed E-state index contributed by atoms with van der Waals surface area (Å²) in [4.78, 5) is 15.2. The molecule has 7 heteroatoms. The van der Waals surface area contributed by atoms with Crippen LogP contribution in [0.1, 0.15) is 30.0 Å². The van der Waals surface area contributed by atoms with E-state index in [4.69, 9.17) is 0 Å². The third-order valence-corrected chi connectivity index (χ3v) is 4.53. The lowest BCUT2D eigenvalue weighted by Gasteiger charge is -2.32. The monoisotopic (exact) mass is 335 g/mol. The lowest BCUT2D eigenvalue weighted by molar-refractivity contribution is 0.198. The highest BCUT2D eigenvalue weighted by atomic mass is 15.2.